The van der Waals surface area contributed by atoms with Gasteiger partial charge in [0.05, 0.1) is 17.3 Å². The summed E-state index contributed by atoms with van der Waals surface area (Å²) in [5.74, 6) is -1.02. The molecule has 0 aliphatic rings. The Hall–Kier alpha value is -3.31. The quantitative estimate of drug-likeness (QED) is 0.430. The third kappa shape index (κ3) is 5.68. The van der Waals surface area contributed by atoms with E-state index < -0.39 is 15.9 Å². The zero-order valence-electron chi connectivity index (χ0n) is 17.7. The number of aromatic nitrogens is 2. The van der Waals surface area contributed by atoms with Crippen LogP contribution in [-0.2, 0) is 14.8 Å². The van der Waals surface area contributed by atoms with E-state index in [2.05, 4.69) is 25.6 Å². The minimum atomic E-state index is -4.12. The van der Waals surface area contributed by atoms with Gasteiger partial charge < -0.3 is 10.6 Å². The molecule has 32 heavy (non-hydrogen) atoms. The first kappa shape index (κ1) is 23.4. The van der Waals surface area contributed by atoms with Crippen LogP contribution in [0, 0.1) is 5.92 Å². The van der Waals surface area contributed by atoms with Crippen molar-refractivity contribution < 1.29 is 18.0 Å². The summed E-state index contributed by atoms with van der Waals surface area (Å²) in [6, 6.07) is 15.4. The van der Waals surface area contributed by atoms with Crippen LogP contribution in [-0.4, -0.2) is 30.4 Å². The molecule has 2 amide bonds. The van der Waals surface area contributed by atoms with Gasteiger partial charge in [-0.2, -0.15) is 8.42 Å². The number of rotatable bonds is 8. The van der Waals surface area contributed by atoms with Crippen LogP contribution in [0.2, 0.25) is 0 Å². The highest BCUT2D eigenvalue weighted by Crippen LogP contribution is 2.25. The van der Waals surface area contributed by atoms with E-state index in [1.165, 1.54) is 12.1 Å². The lowest BCUT2D eigenvalue weighted by Crippen LogP contribution is -2.28. The number of hydrogen-bond acceptors (Lipinski definition) is 7. The molecular weight excluding hydrogens is 450 g/mol. The van der Waals surface area contributed by atoms with Crippen LogP contribution in [0.4, 0.5) is 10.8 Å². The maximum atomic E-state index is 12.8. The van der Waals surface area contributed by atoms with Crippen LogP contribution in [0.3, 0.4) is 0 Å². The molecule has 0 spiro atoms. The second kappa shape index (κ2) is 9.88. The second-order valence-electron chi connectivity index (χ2n) is 7.27. The molecule has 3 aromatic rings. The molecule has 3 rings (SSSR count). The predicted molar refractivity (Wildman–Crippen MR) is 123 cm³/mol. The van der Waals surface area contributed by atoms with E-state index in [0.717, 1.165) is 16.9 Å². The fourth-order valence-corrected chi connectivity index (χ4v) is 4.66. The number of amides is 2. The van der Waals surface area contributed by atoms with Crippen molar-refractivity contribution in [2.45, 2.75) is 31.2 Å². The minimum absolute atomic E-state index is 0.0757. The molecule has 0 bridgehead atoms. The van der Waals surface area contributed by atoms with Crippen LogP contribution in [0.5, 0.6) is 0 Å². The minimum Gasteiger partial charge on any atom is -0.345 e. The van der Waals surface area contributed by atoms with Gasteiger partial charge in [0.25, 0.3) is 20.3 Å². The Balaban J connectivity index is 1.77. The molecule has 0 unspecified atom stereocenters. The van der Waals surface area contributed by atoms with Gasteiger partial charge in [0, 0.05) is 5.92 Å². The largest absolute Gasteiger partial charge is 0.345 e. The molecule has 11 heteroatoms. The van der Waals surface area contributed by atoms with Crippen molar-refractivity contribution in [1.82, 2.24) is 15.5 Å². The molecule has 0 fully saturated rings. The average Bonchev–Trinajstić information content (AvgIpc) is 3.24. The summed E-state index contributed by atoms with van der Waals surface area (Å²) < 4.78 is 27.7. The van der Waals surface area contributed by atoms with Gasteiger partial charge in [-0.15, -0.1) is 10.2 Å². The van der Waals surface area contributed by atoms with E-state index in [1.807, 2.05) is 37.3 Å². The van der Waals surface area contributed by atoms with Crippen molar-refractivity contribution in [3.63, 3.8) is 0 Å². The van der Waals surface area contributed by atoms with E-state index >= 15 is 0 Å². The van der Waals surface area contributed by atoms with Gasteiger partial charge >= 0.3 is 0 Å². The molecule has 0 radical (unpaired) electrons. The Labute approximate surface area is 190 Å². The Morgan fingerprint density at radius 2 is 1.59 bits per heavy atom. The number of hydrogen-bond donors (Lipinski definition) is 3. The molecule has 9 nitrogen and oxygen atoms in total. The van der Waals surface area contributed by atoms with Crippen molar-refractivity contribution in [3.05, 3.63) is 65.7 Å². The van der Waals surface area contributed by atoms with Crippen LogP contribution in [0.15, 0.2) is 58.9 Å². The molecule has 2 aromatic carbocycles. The summed E-state index contributed by atoms with van der Waals surface area (Å²) in [5, 5.41) is 12.8. The van der Waals surface area contributed by atoms with E-state index in [4.69, 9.17) is 0 Å². The van der Waals surface area contributed by atoms with E-state index in [1.54, 1.807) is 26.0 Å². The van der Waals surface area contributed by atoms with Crippen LogP contribution < -0.4 is 15.4 Å². The number of anilines is 2. The molecule has 3 N–H and O–H groups in total. The third-order valence-corrected chi connectivity index (χ3v) is 7.03. The van der Waals surface area contributed by atoms with Crippen LogP contribution in [0.25, 0.3) is 0 Å². The lowest BCUT2D eigenvalue weighted by atomic mass is 10.1. The molecule has 1 aromatic heterocycles. The third-order valence-electron chi connectivity index (χ3n) is 4.45. The van der Waals surface area contributed by atoms with Gasteiger partial charge in [-0.3, -0.25) is 14.3 Å². The Morgan fingerprint density at radius 3 is 2.28 bits per heavy atom. The fraction of sp³-hybridized carbons (Fsp3) is 0.238. The highest BCUT2D eigenvalue weighted by atomic mass is 32.2. The summed E-state index contributed by atoms with van der Waals surface area (Å²) in [5.41, 5.74) is 1.19. The molecule has 0 saturated heterocycles. The van der Waals surface area contributed by atoms with Gasteiger partial charge in [0.2, 0.25) is 11.0 Å². The monoisotopic (exact) mass is 473 g/mol. The van der Waals surface area contributed by atoms with Gasteiger partial charge in [-0.1, -0.05) is 67.6 Å². The molecule has 1 atom stereocenters. The highest BCUT2D eigenvalue weighted by Gasteiger charge is 2.24. The number of benzene rings is 2. The standard InChI is InChI=1S/C21H23N5O4S2/c1-13(2)18(27)23-20-24-25-21(31-20)32(29,30)26-17-12-8-7-11-16(17)19(28)22-14(3)15-9-5-4-6-10-15/h4-14,26H,1-3H3,(H,22,28)(H,23,24,27)/t14-/m0/s1. The Kier molecular flexibility index (Phi) is 7.21. The van der Waals surface area contributed by atoms with Crippen LogP contribution in [0.1, 0.15) is 42.7 Å². The van der Waals surface area contributed by atoms with Gasteiger partial charge in [-0.25, -0.2) is 0 Å². The van der Waals surface area contributed by atoms with Crippen molar-refractivity contribution >= 4 is 44.0 Å². The summed E-state index contributed by atoms with van der Waals surface area (Å²) in [7, 11) is -4.12. The molecule has 168 valence electrons. The smallest absolute Gasteiger partial charge is 0.291 e. The summed E-state index contributed by atoms with van der Waals surface area (Å²) in [6.45, 7) is 5.25. The average molecular weight is 474 g/mol. The molecule has 1 heterocycles. The van der Waals surface area contributed by atoms with E-state index in [-0.39, 0.29) is 38.6 Å². The number of nitrogens with one attached hydrogen (secondary N) is 3. The van der Waals surface area contributed by atoms with Crippen LogP contribution >= 0.6 is 11.3 Å². The Morgan fingerprint density at radius 1 is 0.938 bits per heavy atom. The first-order valence-electron chi connectivity index (χ1n) is 9.79. The maximum absolute atomic E-state index is 12.8. The normalized spacial score (nSPS) is 12.2. The first-order chi connectivity index (χ1) is 15.2. The number of carbonyl (C=O) groups excluding carboxylic acids is 2. The predicted octanol–water partition coefficient (Wildman–Crippen LogP) is 3.42. The fourth-order valence-electron chi connectivity index (χ4n) is 2.68. The topological polar surface area (TPSA) is 130 Å². The number of para-hydroxylation sites is 1. The van der Waals surface area contributed by atoms with Crippen molar-refractivity contribution in [1.29, 1.82) is 0 Å². The van der Waals surface area contributed by atoms with Crippen molar-refractivity contribution in [2.75, 3.05) is 10.0 Å². The number of carbonyl (C=O) groups is 2. The zero-order chi connectivity index (χ0) is 23.3. The van der Waals surface area contributed by atoms with Crippen molar-refractivity contribution in [2.24, 2.45) is 5.92 Å². The molecule has 0 saturated carbocycles. The molecule has 0 aliphatic carbocycles. The summed E-state index contributed by atoms with van der Waals surface area (Å²) >= 11 is 0.722. The lowest BCUT2D eigenvalue weighted by molar-refractivity contribution is -0.118. The Bertz CT molecular complexity index is 1210. The summed E-state index contributed by atoms with van der Waals surface area (Å²) in [4.78, 5) is 24.6. The van der Waals surface area contributed by atoms with Gasteiger partial charge in [0.15, 0.2) is 0 Å². The SMILES string of the molecule is CC(C)C(=O)Nc1nnc(S(=O)(=O)Nc2ccccc2C(=O)N[C@@H](C)c2ccccc2)s1. The lowest BCUT2D eigenvalue weighted by Gasteiger charge is -2.16. The first-order valence-corrected chi connectivity index (χ1v) is 12.1. The number of sulfonamides is 1. The van der Waals surface area contributed by atoms with E-state index in [0.29, 0.717) is 0 Å². The summed E-state index contributed by atoms with van der Waals surface area (Å²) in [6.07, 6.45) is 0. The van der Waals surface area contributed by atoms with Gasteiger partial charge in [0.1, 0.15) is 0 Å². The second-order valence-corrected chi connectivity index (χ2v) is 10.1. The molecule has 0 aliphatic heterocycles. The zero-order valence-corrected chi connectivity index (χ0v) is 19.3. The molecular formula is C21H23N5O4S2. The highest BCUT2D eigenvalue weighted by molar-refractivity contribution is 7.94. The number of nitrogens with zero attached hydrogens (tertiary/aromatic N) is 2. The van der Waals surface area contributed by atoms with Gasteiger partial charge in [-0.05, 0) is 24.6 Å². The maximum Gasteiger partial charge on any atom is 0.291 e. The van der Waals surface area contributed by atoms with Crippen molar-refractivity contribution in [3.8, 4) is 0 Å². The van der Waals surface area contributed by atoms with E-state index in [9.17, 15) is 18.0 Å².